The molecule has 0 aliphatic heterocycles. The van der Waals surface area contributed by atoms with Gasteiger partial charge >= 0.3 is 0 Å². The Labute approximate surface area is 90.0 Å². The van der Waals surface area contributed by atoms with Crippen molar-refractivity contribution in [1.82, 2.24) is 0 Å². The molecule has 0 unspecified atom stereocenters. The van der Waals surface area contributed by atoms with E-state index < -0.39 is 16.2 Å². The van der Waals surface area contributed by atoms with Gasteiger partial charge in [0.25, 0.3) is 0 Å². The average molecular weight is 243 g/mol. The van der Waals surface area contributed by atoms with E-state index >= 15 is 0 Å². The zero-order valence-electron chi connectivity index (χ0n) is 6.40. The van der Waals surface area contributed by atoms with E-state index in [1.54, 1.807) is 0 Å². The standard InChI is InChI=1S/C8H6Cl3FO/c9-8(10,11)6-3-1-2-5(4-13)7(6)12/h1-3,13H,4H2. The van der Waals surface area contributed by atoms with Crippen LogP contribution in [-0.4, -0.2) is 5.11 Å². The smallest absolute Gasteiger partial charge is 0.218 e. The summed E-state index contributed by atoms with van der Waals surface area (Å²) < 4.78 is 11.6. The van der Waals surface area contributed by atoms with Crippen molar-refractivity contribution in [2.24, 2.45) is 0 Å². The summed E-state index contributed by atoms with van der Waals surface area (Å²) in [5, 5.41) is 8.74. The van der Waals surface area contributed by atoms with E-state index in [0.717, 1.165) is 0 Å². The lowest BCUT2D eigenvalue weighted by atomic mass is 10.1. The molecular weight excluding hydrogens is 237 g/mol. The van der Waals surface area contributed by atoms with Gasteiger partial charge in [-0.15, -0.1) is 0 Å². The number of alkyl halides is 3. The van der Waals surface area contributed by atoms with Crippen LogP contribution in [0.5, 0.6) is 0 Å². The molecule has 13 heavy (non-hydrogen) atoms. The molecule has 0 spiro atoms. The van der Waals surface area contributed by atoms with Crippen LogP contribution in [0.15, 0.2) is 18.2 Å². The summed E-state index contributed by atoms with van der Waals surface area (Å²) in [6.45, 7) is -0.416. The minimum absolute atomic E-state index is 0.0518. The summed E-state index contributed by atoms with van der Waals surface area (Å²) in [7, 11) is 0. The van der Waals surface area contributed by atoms with E-state index in [4.69, 9.17) is 39.9 Å². The molecule has 0 fully saturated rings. The topological polar surface area (TPSA) is 20.2 Å². The Kier molecular flexibility index (Phi) is 3.41. The Morgan fingerprint density at radius 2 is 1.92 bits per heavy atom. The highest BCUT2D eigenvalue weighted by molar-refractivity contribution is 6.66. The van der Waals surface area contributed by atoms with Crippen LogP contribution in [0.4, 0.5) is 4.39 Å². The van der Waals surface area contributed by atoms with E-state index in [1.165, 1.54) is 18.2 Å². The molecule has 1 N–H and O–H groups in total. The molecule has 0 amide bonds. The van der Waals surface area contributed by atoms with Crippen molar-refractivity contribution in [3.05, 3.63) is 35.1 Å². The molecule has 72 valence electrons. The third kappa shape index (κ3) is 2.47. The first-order valence-electron chi connectivity index (χ1n) is 3.42. The van der Waals surface area contributed by atoms with Crippen LogP contribution in [0.3, 0.4) is 0 Å². The van der Waals surface area contributed by atoms with Crippen molar-refractivity contribution in [1.29, 1.82) is 0 Å². The molecule has 0 aromatic heterocycles. The van der Waals surface area contributed by atoms with Gasteiger partial charge in [0, 0.05) is 11.1 Å². The van der Waals surface area contributed by atoms with Gasteiger partial charge in [-0.2, -0.15) is 0 Å². The summed E-state index contributed by atoms with van der Waals surface area (Å²) in [6.07, 6.45) is 0. The van der Waals surface area contributed by atoms with Crippen molar-refractivity contribution in [2.75, 3.05) is 0 Å². The van der Waals surface area contributed by atoms with Crippen molar-refractivity contribution >= 4 is 34.8 Å². The maximum atomic E-state index is 13.4. The fraction of sp³-hybridized carbons (Fsp3) is 0.250. The number of benzene rings is 1. The minimum atomic E-state index is -1.80. The SMILES string of the molecule is OCc1cccc(C(Cl)(Cl)Cl)c1F. The summed E-state index contributed by atoms with van der Waals surface area (Å²) in [6, 6.07) is 4.31. The van der Waals surface area contributed by atoms with Crippen LogP contribution < -0.4 is 0 Å². The van der Waals surface area contributed by atoms with Crippen LogP contribution in [0.25, 0.3) is 0 Å². The molecule has 0 saturated carbocycles. The molecule has 0 radical (unpaired) electrons. The number of aliphatic hydroxyl groups excluding tert-OH is 1. The summed E-state index contributed by atoms with van der Waals surface area (Å²) >= 11 is 16.5. The maximum absolute atomic E-state index is 13.4. The third-order valence-corrected chi connectivity index (χ3v) is 2.17. The first-order valence-corrected chi connectivity index (χ1v) is 4.55. The predicted molar refractivity (Wildman–Crippen MR) is 51.6 cm³/mol. The molecule has 1 aromatic carbocycles. The lowest BCUT2D eigenvalue weighted by molar-refractivity contribution is 0.275. The molecule has 0 saturated heterocycles. The monoisotopic (exact) mass is 242 g/mol. The van der Waals surface area contributed by atoms with Gasteiger partial charge in [-0.1, -0.05) is 53.0 Å². The zero-order valence-corrected chi connectivity index (χ0v) is 8.67. The van der Waals surface area contributed by atoms with Crippen molar-refractivity contribution in [2.45, 2.75) is 10.4 Å². The Bertz CT molecular complexity index is 309. The molecule has 1 rings (SSSR count). The van der Waals surface area contributed by atoms with Crippen molar-refractivity contribution < 1.29 is 9.50 Å². The Hall–Kier alpha value is -0.0200. The van der Waals surface area contributed by atoms with Crippen LogP contribution >= 0.6 is 34.8 Å². The first kappa shape index (κ1) is 11.1. The van der Waals surface area contributed by atoms with Gasteiger partial charge in [0.2, 0.25) is 3.79 Å². The largest absolute Gasteiger partial charge is 0.392 e. The Balaban J connectivity index is 3.24. The van der Waals surface area contributed by atoms with Gasteiger partial charge < -0.3 is 5.11 Å². The van der Waals surface area contributed by atoms with E-state index in [0.29, 0.717) is 0 Å². The molecule has 0 heterocycles. The molecule has 5 heteroatoms. The van der Waals surface area contributed by atoms with Crippen molar-refractivity contribution in [3.8, 4) is 0 Å². The number of hydrogen-bond acceptors (Lipinski definition) is 1. The third-order valence-electron chi connectivity index (χ3n) is 1.55. The molecule has 0 bridgehead atoms. The maximum Gasteiger partial charge on any atom is 0.218 e. The first-order chi connectivity index (χ1) is 5.96. The van der Waals surface area contributed by atoms with Crippen LogP contribution in [0, 0.1) is 5.82 Å². The quantitative estimate of drug-likeness (QED) is 0.751. The summed E-state index contributed by atoms with van der Waals surface area (Å²) in [5.41, 5.74) is 0.0628. The Morgan fingerprint density at radius 1 is 1.31 bits per heavy atom. The summed E-state index contributed by atoms with van der Waals surface area (Å²) in [5.74, 6) is -0.676. The molecular formula is C8H6Cl3FO. The molecule has 0 atom stereocenters. The molecule has 1 aromatic rings. The van der Waals surface area contributed by atoms with Gasteiger partial charge in [-0.25, -0.2) is 4.39 Å². The fourth-order valence-corrected chi connectivity index (χ4v) is 1.36. The second-order valence-corrected chi connectivity index (χ2v) is 4.72. The van der Waals surface area contributed by atoms with Crippen LogP contribution in [-0.2, 0) is 10.4 Å². The lowest BCUT2D eigenvalue weighted by Gasteiger charge is -2.13. The van der Waals surface area contributed by atoms with Crippen LogP contribution in [0.1, 0.15) is 11.1 Å². The molecule has 0 aliphatic carbocycles. The van der Waals surface area contributed by atoms with Gasteiger partial charge in [0.05, 0.1) is 6.61 Å². The normalized spacial score (nSPS) is 11.8. The second-order valence-electron chi connectivity index (χ2n) is 2.43. The van der Waals surface area contributed by atoms with Gasteiger partial charge in [-0.3, -0.25) is 0 Å². The highest BCUT2D eigenvalue weighted by Crippen LogP contribution is 2.40. The Morgan fingerprint density at radius 3 is 2.38 bits per heavy atom. The fourth-order valence-electron chi connectivity index (χ4n) is 0.921. The predicted octanol–water partition coefficient (Wildman–Crippen LogP) is 3.14. The van der Waals surface area contributed by atoms with E-state index in [-0.39, 0.29) is 11.1 Å². The number of aliphatic hydroxyl groups is 1. The van der Waals surface area contributed by atoms with E-state index in [2.05, 4.69) is 0 Å². The number of hydrogen-bond donors (Lipinski definition) is 1. The highest BCUT2D eigenvalue weighted by Gasteiger charge is 2.27. The second kappa shape index (κ2) is 4.01. The molecule has 1 nitrogen and oxygen atoms in total. The van der Waals surface area contributed by atoms with Gasteiger partial charge in [0.1, 0.15) is 5.82 Å². The number of halogens is 4. The molecule has 0 aliphatic rings. The van der Waals surface area contributed by atoms with Gasteiger partial charge in [-0.05, 0) is 0 Å². The number of rotatable bonds is 1. The minimum Gasteiger partial charge on any atom is -0.392 e. The zero-order chi connectivity index (χ0) is 10.1. The van der Waals surface area contributed by atoms with E-state index in [1.807, 2.05) is 0 Å². The van der Waals surface area contributed by atoms with Crippen molar-refractivity contribution in [3.63, 3.8) is 0 Å². The lowest BCUT2D eigenvalue weighted by Crippen LogP contribution is -2.06. The highest BCUT2D eigenvalue weighted by atomic mass is 35.6. The van der Waals surface area contributed by atoms with Crippen LogP contribution in [0.2, 0.25) is 0 Å². The summed E-state index contributed by atoms with van der Waals surface area (Å²) in [4.78, 5) is 0. The van der Waals surface area contributed by atoms with E-state index in [9.17, 15) is 4.39 Å². The average Bonchev–Trinajstić information content (AvgIpc) is 2.02. The van der Waals surface area contributed by atoms with Gasteiger partial charge in [0.15, 0.2) is 0 Å².